The van der Waals surface area contributed by atoms with Gasteiger partial charge in [0.1, 0.15) is 11.6 Å². The Labute approximate surface area is 241 Å². The van der Waals surface area contributed by atoms with Crippen molar-refractivity contribution in [3.8, 4) is 11.3 Å². The second-order valence-corrected chi connectivity index (χ2v) is 11.6. The molecule has 0 aromatic carbocycles. The Morgan fingerprint density at radius 1 is 1.00 bits per heavy atom. The summed E-state index contributed by atoms with van der Waals surface area (Å²) in [6, 6.07) is 11.3. The third kappa shape index (κ3) is 6.34. The molecule has 0 atom stereocenters. The first-order valence-corrected chi connectivity index (χ1v) is 14.8. The number of fused-ring (bicyclic) bond motifs is 1. The zero-order valence-corrected chi connectivity index (χ0v) is 24.3. The average Bonchev–Trinajstić information content (AvgIpc) is 3.31. The first kappa shape index (κ1) is 27.6. The second kappa shape index (κ2) is 12.1. The summed E-state index contributed by atoms with van der Waals surface area (Å²) < 4.78 is 7.46. The first-order valence-electron chi connectivity index (χ1n) is 14.8. The third-order valence-corrected chi connectivity index (χ3v) is 8.13. The number of ether oxygens (including phenoxy) is 1. The molecule has 10 nitrogen and oxygen atoms in total. The van der Waals surface area contributed by atoms with Crippen LogP contribution in [0, 0.1) is 6.92 Å². The van der Waals surface area contributed by atoms with Gasteiger partial charge in [-0.15, -0.1) is 0 Å². The summed E-state index contributed by atoms with van der Waals surface area (Å²) in [5.74, 6) is 1.46. The third-order valence-electron chi connectivity index (χ3n) is 8.13. The summed E-state index contributed by atoms with van der Waals surface area (Å²) in [6.45, 7) is 10.7. The van der Waals surface area contributed by atoms with Crippen molar-refractivity contribution in [3.05, 3.63) is 54.0 Å². The van der Waals surface area contributed by atoms with Crippen LogP contribution in [0.1, 0.15) is 56.8 Å². The summed E-state index contributed by atoms with van der Waals surface area (Å²) in [4.78, 5) is 16.9. The molecule has 5 heterocycles. The molecule has 216 valence electrons. The van der Waals surface area contributed by atoms with Crippen molar-refractivity contribution in [2.45, 2.75) is 71.1 Å². The second-order valence-electron chi connectivity index (χ2n) is 11.6. The Morgan fingerprint density at radius 2 is 1.80 bits per heavy atom. The van der Waals surface area contributed by atoms with E-state index >= 15 is 0 Å². The number of pyridine rings is 3. The Bertz CT molecular complexity index is 1470. The molecule has 1 saturated carbocycles. The molecule has 10 heteroatoms. The van der Waals surface area contributed by atoms with Gasteiger partial charge in [-0.2, -0.15) is 5.10 Å². The molecule has 1 aliphatic carbocycles. The predicted octanol–water partition coefficient (Wildman–Crippen LogP) is 5.04. The average molecular weight is 556 g/mol. The maximum absolute atomic E-state index is 6.19. The number of aromatic nitrogens is 5. The van der Waals surface area contributed by atoms with E-state index in [9.17, 15) is 0 Å². The van der Waals surface area contributed by atoms with E-state index in [1.807, 2.05) is 30.1 Å². The largest absolute Gasteiger partial charge is 0.382 e. The first-order chi connectivity index (χ1) is 19.9. The van der Waals surface area contributed by atoms with Crippen LogP contribution in [0.3, 0.4) is 0 Å². The van der Waals surface area contributed by atoms with Crippen LogP contribution in [0.5, 0.6) is 0 Å². The summed E-state index contributed by atoms with van der Waals surface area (Å²) in [6.07, 6.45) is 8.06. The van der Waals surface area contributed by atoms with E-state index in [0.29, 0.717) is 12.1 Å². The van der Waals surface area contributed by atoms with Crippen molar-refractivity contribution in [3.63, 3.8) is 0 Å². The minimum atomic E-state index is 0.221. The molecule has 1 aliphatic heterocycles. The Morgan fingerprint density at radius 3 is 2.54 bits per heavy atom. The number of morpholine rings is 1. The molecule has 4 N–H and O–H groups in total. The number of anilines is 3. The summed E-state index contributed by atoms with van der Waals surface area (Å²) in [7, 11) is 0. The van der Waals surface area contributed by atoms with E-state index in [1.165, 1.54) is 5.56 Å². The molecule has 6 rings (SSSR count). The van der Waals surface area contributed by atoms with Gasteiger partial charge in [0.15, 0.2) is 5.65 Å². The van der Waals surface area contributed by atoms with Crippen LogP contribution in [0.2, 0.25) is 0 Å². The predicted molar refractivity (Wildman–Crippen MR) is 163 cm³/mol. The van der Waals surface area contributed by atoms with E-state index in [0.717, 1.165) is 104 Å². The fourth-order valence-corrected chi connectivity index (χ4v) is 5.75. The SMILES string of the molecule is Cc1nn(C(C)C)c2nc(Nc3cc(NC4CCC(N)CC4)c(-c4ccc(CN5CCOCC5)cn4)cn3)ccc12. The van der Waals surface area contributed by atoms with Crippen molar-refractivity contribution in [2.24, 2.45) is 5.73 Å². The van der Waals surface area contributed by atoms with Gasteiger partial charge in [0.25, 0.3) is 0 Å². The van der Waals surface area contributed by atoms with Crippen molar-refractivity contribution in [1.29, 1.82) is 0 Å². The van der Waals surface area contributed by atoms with Crippen LogP contribution in [-0.4, -0.2) is 68.0 Å². The fraction of sp³-hybridized carbons (Fsp3) is 0.484. The number of nitrogens with two attached hydrogens (primary N) is 1. The molecule has 0 spiro atoms. The molecular formula is C31H41N9O. The molecule has 0 radical (unpaired) electrons. The van der Waals surface area contributed by atoms with Gasteiger partial charge in [0, 0.05) is 72.9 Å². The fourth-order valence-electron chi connectivity index (χ4n) is 5.75. The molecule has 4 aromatic rings. The highest BCUT2D eigenvalue weighted by molar-refractivity contribution is 5.81. The van der Waals surface area contributed by atoms with Crippen LogP contribution < -0.4 is 16.4 Å². The number of aryl methyl sites for hydroxylation is 1. The van der Waals surface area contributed by atoms with E-state index in [2.05, 4.69) is 58.7 Å². The van der Waals surface area contributed by atoms with Crippen molar-refractivity contribution in [2.75, 3.05) is 36.9 Å². The monoisotopic (exact) mass is 555 g/mol. The number of nitrogens with one attached hydrogen (secondary N) is 2. The smallest absolute Gasteiger partial charge is 0.160 e. The van der Waals surface area contributed by atoms with Gasteiger partial charge in [-0.3, -0.25) is 9.88 Å². The maximum atomic E-state index is 6.19. The van der Waals surface area contributed by atoms with E-state index in [-0.39, 0.29) is 6.04 Å². The van der Waals surface area contributed by atoms with Crippen molar-refractivity contribution < 1.29 is 4.74 Å². The topological polar surface area (TPSA) is 119 Å². The number of nitrogens with zero attached hydrogens (tertiary/aromatic N) is 6. The van der Waals surface area contributed by atoms with E-state index in [4.69, 9.17) is 25.4 Å². The Hall–Kier alpha value is -3.60. The van der Waals surface area contributed by atoms with Crippen LogP contribution in [-0.2, 0) is 11.3 Å². The quantitative estimate of drug-likeness (QED) is 0.275. The molecule has 0 bridgehead atoms. The van der Waals surface area contributed by atoms with E-state index < -0.39 is 0 Å². The van der Waals surface area contributed by atoms with Gasteiger partial charge < -0.3 is 21.1 Å². The van der Waals surface area contributed by atoms with Gasteiger partial charge in [0.05, 0.1) is 24.6 Å². The van der Waals surface area contributed by atoms with Crippen molar-refractivity contribution >= 4 is 28.4 Å². The Kier molecular flexibility index (Phi) is 8.13. The summed E-state index contributed by atoms with van der Waals surface area (Å²) in [5, 5.41) is 13.0. The normalized spacial score (nSPS) is 20.0. The maximum Gasteiger partial charge on any atom is 0.160 e. The van der Waals surface area contributed by atoms with Gasteiger partial charge in [0.2, 0.25) is 0 Å². The van der Waals surface area contributed by atoms with Crippen LogP contribution in [0.4, 0.5) is 17.3 Å². The lowest BCUT2D eigenvalue weighted by atomic mass is 9.91. The molecular weight excluding hydrogens is 514 g/mol. The van der Waals surface area contributed by atoms with Crippen LogP contribution >= 0.6 is 0 Å². The lowest BCUT2D eigenvalue weighted by Crippen LogP contribution is -2.35. The molecule has 4 aromatic heterocycles. The highest BCUT2D eigenvalue weighted by Gasteiger charge is 2.21. The standard InChI is InChI=1S/C31H41N9O/c1-20(2)40-31-25(21(3)38-40)9-11-29(37-31)36-30-16-28(35-24-7-5-23(32)6-8-24)26(18-34-30)27-10-4-22(17-33-27)19-39-12-14-41-15-13-39/h4,9-11,16-18,20,23-24H,5-8,12-15,19,32H2,1-3H3,(H2,34,35,36,37). The summed E-state index contributed by atoms with van der Waals surface area (Å²) in [5.41, 5.74) is 12.2. The van der Waals surface area contributed by atoms with Gasteiger partial charge in [-0.05, 0) is 70.2 Å². The molecule has 0 unspecified atom stereocenters. The number of hydrogen-bond donors (Lipinski definition) is 3. The van der Waals surface area contributed by atoms with Crippen molar-refractivity contribution in [1.82, 2.24) is 29.6 Å². The minimum Gasteiger partial charge on any atom is -0.382 e. The lowest BCUT2D eigenvalue weighted by molar-refractivity contribution is 0.0341. The molecule has 2 aliphatic rings. The zero-order valence-electron chi connectivity index (χ0n) is 24.3. The van der Waals surface area contributed by atoms with Crippen LogP contribution in [0.15, 0.2) is 42.7 Å². The molecule has 1 saturated heterocycles. The number of hydrogen-bond acceptors (Lipinski definition) is 9. The van der Waals surface area contributed by atoms with Gasteiger partial charge in [-0.25, -0.2) is 14.6 Å². The number of rotatable bonds is 8. The lowest BCUT2D eigenvalue weighted by Gasteiger charge is -2.28. The summed E-state index contributed by atoms with van der Waals surface area (Å²) >= 11 is 0. The highest BCUT2D eigenvalue weighted by Crippen LogP contribution is 2.32. The minimum absolute atomic E-state index is 0.221. The highest BCUT2D eigenvalue weighted by atomic mass is 16.5. The molecule has 0 amide bonds. The van der Waals surface area contributed by atoms with Gasteiger partial charge >= 0.3 is 0 Å². The van der Waals surface area contributed by atoms with Gasteiger partial charge in [-0.1, -0.05) is 6.07 Å². The molecule has 2 fully saturated rings. The Balaban J connectivity index is 1.27. The van der Waals surface area contributed by atoms with Crippen LogP contribution in [0.25, 0.3) is 22.3 Å². The van der Waals surface area contributed by atoms with E-state index in [1.54, 1.807) is 0 Å². The molecule has 41 heavy (non-hydrogen) atoms. The zero-order chi connectivity index (χ0) is 28.3.